The van der Waals surface area contributed by atoms with E-state index in [1.165, 1.54) is 17.4 Å². The lowest BCUT2D eigenvalue weighted by Crippen LogP contribution is -2.32. The Bertz CT molecular complexity index is 432. The quantitative estimate of drug-likeness (QED) is 0.351. The van der Waals surface area contributed by atoms with E-state index in [-0.39, 0.29) is 24.7 Å². The summed E-state index contributed by atoms with van der Waals surface area (Å²) in [5.41, 5.74) is 1.46. The second-order valence-electron chi connectivity index (χ2n) is 3.64. The van der Waals surface area contributed by atoms with E-state index in [9.17, 15) is 4.39 Å². The van der Waals surface area contributed by atoms with Crippen molar-refractivity contribution in [3.05, 3.63) is 41.7 Å². The summed E-state index contributed by atoms with van der Waals surface area (Å²) in [5, 5.41) is 9.83. The average molecular weight is 237 g/mol. The maximum Gasteiger partial charge on any atom is 0.132 e. The molecular formula is C12H16FN3O. The van der Waals surface area contributed by atoms with Gasteiger partial charge in [-0.15, -0.1) is 0 Å². The second-order valence-corrected chi connectivity index (χ2v) is 3.64. The van der Waals surface area contributed by atoms with Crippen LogP contribution in [0.15, 0.2) is 29.8 Å². The summed E-state index contributed by atoms with van der Waals surface area (Å²) >= 11 is 0. The van der Waals surface area contributed by atoms with Gasteiger partial charge in [0.2, 0.25) is 0 Å². The number of benzene rings is 1. The lowest BCUT2D eigenvalue weighted by molar-refractivity contribution is 0.254. The van der Waals surface area contributed by atoms with Gasteiger partial charge < -0.3 is 5.11 Å². The van der Waals surface area contributed by atoms with Gasteiger partial charge in [-0.2, -0.15) is 0 Å². The molecule has 0 aliphatic heterocycles. The zero-order valence-corrected chi connectivity index (χ0v) is 9.73. The lowest BCUT2D eigenvalue weighted by Gasteiger charge is -2.10. The molecule has 0 atom stereocenters. The third-order valence-electron chi connectivity index (χ3n) is 2.16. The summed E-state index contributed by atoms with van der Waals surface area (Å²) in [6.07, 6.45) is 1.30. The van der Waals surface area contributed by atoms with Gasteiger partial charge in [0.15, 0.2) is 0 Å². The first-order valence-corrected chi connectivity index (χ1v) is 5.16. The molecule has 0 heterocycles. The van der Waals surface area contributed by atoms with E-state index in [1.54, 1.807) is 12.1 Å². The molecule has 17 heavy (non-hydrogen) atoms. The number of hydrazine groups is 1. The minimum atomic E-state index is -0.363. The van der Waals surface area contributed by atoms with E-state index in [0.29, 0.717) is 5.56 Å². The predicted molar refractivity (Wildman–Crippen MR) is 66.6 cm³/mol. The molecule has 5 heteroatoms. The van der Waals surface area contributed by atoms with E-state index in [4.69, 9.17) is 10.9 Å². The van der Waals surface area contributed by atoms with Gasteiger partial charge in [-0.1, -0.05) is 12.6 Å². The molecule has 3 N–H and O–H groups in total. The van der Waals surface area contributed by atoms with Crippen LogP contribution < -0.4 is 5.84 Å². The second kappa shape index (κ2) is 6.12. The fourth-order valence-corrected chi connectivity index (χ4v) is 1.24. The van der Waals surface area contributed by atoms with Crippen molar-refractivity contribution in [3.8, 4) is 0 Å². The van der Waals surface area contributed by atoms with Crippen molar-refractivity contribution < 1.29 is 9.50 Å². The summed E-state index contributed by atoms with van der Waals surface area (Å²) < 4.78 is 13.6. The van der Waals surface area contributed by atoms with Crippen molar-refractivity contribution in [1.29, 1.82) is 0 Å². The molecular weight excluding hydrogens is 221 g/mol. The molecule has 0 radical (unpaired) electrons. The lowest BCUT2D eigenvalue weighted by atomic mass is 10.1. The van der Waals surface area contributed by atoms with Crippen molar-refractivity contribution in [1.82, 2.24) is 5.01 Å². The molecule has 0 fully saturated rings. The van der Waals surface area contributed by atoms with E-state index >= 15 is 0 Å². The van der Waals surface area contributed by atoms with Gasteiger partial charge in [0.1, 0.15) is 12.2 Å². The molecule has 0 aliphatic carbocycles. The van der Waals surface area contributed by atoms with Crippen LogP contribution in [0, 0.1) is 12.7 Å². The Balaban J connectivity index is 2.76. The van der Waals surface area contributed by atoms with Crippen LogP contribution in [0.1, 0.15) is 11.1 Å². The van der Waals surface area contributed by atoms with Crippen LogP contribution in [0.5, 0.6) is 0 Å². The highest BCUT2D eigenvalue weighted by atomic mass is 19.1. The van der Waals surface area contributed by atoms with Crippen molar-refractivity contribution >= 4 is 12.0 Å². The van der Waals surface area contributed by atoms with Gasteiger partial charge in [0.25, 0.3) is 0 Å². The third-order valence-corrected chi connectivity index (χ3v) is 2.16. The van der Waals surface area contributed by atoms with Gasteiger partial charge in [0.05, 0.1) is 18.8 Å². The number of aliphatic hydroxyl groups excluding tert-OH is 1. The molecule has 0 aromatic heterocycles. The molecule has 0 saturated heterocycles. The summed E-state index contributed by atoms with van der Waals surface area (Å²) in [4.78, 5) is 3.93. The van der Waals surface area contributed by atoms with Crippen LogP contribution in [0.25, 0.3) is 5.70 Å². The number of aryl methyl sites for hydroxylation is 1. The van der Waals surface area contributed by atoms with Crippen molar-refractivity contribution in [2.24, 2.45) is 10.8 Å². The molecule has 0 unspecified atom stereocenters. The van der Waals surface area contributed by atoms with Crippen molar-refractivity contribution in [2.75, 3.05) is 13.2 Å². The first-order chi connectivity index (χ1) is 8.04. The topological polar surface area (TPSA) is 61.8 Å². The number of nitrogens with two attached hydrogens (primary N) is 1. The largest absolute Gasteiger partial charge is 0.394 e. The Kier molecular flexibility index (Phi) is 4.81. The van der Waals surface area contributed by atoms with Gasteiger partial charge in [0, 0.05) is 5.56 Å². The number of nitrogens with zero attached hydrogens (tertiary/aromatic N) is 2. The molecule has 1 rings (SSSR count). The minimum Gasteiger partial charge on any atom is -0.394 e. The Morgan fingerprint density at radius 3 is 2.94 bits per heavy atom. The fraction of sp³-hybridized carbons (Fsp3) is 0.250. The summed E-state index contributed by atoms with van der Waals surface area (Å²) in [6.45, 7) is 5.65. The van der Waals surface area contributed by atoms with Crippen LogP contribution in [-0.4, -0.2) is 29.6 Å². The summed E-state index contributed by atoms with van der Waals surface area (Å²) in [5.74, 6) is 5.10. The van der Waals surface area contributed by atoms with E-state index in [1.807, 2.05) is 6.92 Å². The molecule has 0 amide bonds. The summed E-state index contributed by atoms with van der Waals surface area (Å²) in [7, 11) is 0. The monoisotopic (exact) mass is 237 g/mol. The zero-order valence-electron chi connectivity index (χ0n) is 9.73. The van der Waals surface area contributed by atoms with Crippen LogP contribution in [0.3, 0.4) is 0 Å². The number of hydrogen-bond acceptors (Lipinski definition) is 3. The van der Waals surface area contributed by atoms with Gasteiger partial charge in [-0.3, -0.25) is 5.01 Å². The van der Waals surface area contributed by atoms with Gasteiger partial charge in [-0.25, -0.2) is 15.2 Å². The molecule has 0 aliphatic rings. The molecule has 0 bridgehead atoms. The molecule has 4 nitrogen and oxygen atoms in total. The number of hydrogen-bond donors (Lipinski definition) is 2. The molecule has 1 aromatic carbocycles. The fourth-order valence-electron chi connectivity index (χ4n) is 1.24. The van der Waals surface area contributed by atoms with Crippen LogP contribution in [-0.2, 0) is 0 Å². The van der Waals surface area contributed by atoms with Crippen molar-refractivity contribution in [3.63, 3.8) is 0 Å². The Labute approximate surface area is 99.9 Å². The maximum absolute atomic E-state index is 13.6. The van der Waals surface area contributed by atoms with E-state index in [2.05, 4.69) is 11.6 Å². The van der Waals surface area contributed by atoms with Gasteiger partial charge in [-0.05, 0) is 24.6 Å². The predicted octanol–water partition coefficient (Wildman–Crippen LogP) is 1.30. The Hall–Kier alpha value is -1.72. The van der Waals surface area contributed by atoms with Crippen LogP contribution in [0.4, 0.5) is 4.39 Å². The number of aliphatic imine (C=N–C) groups is 1. The van der Waals surface area contributed by atoms with E-state index in [0.717, 1.165) is 5.56 Å². The first kappa shape index (κ1) is 13.3. The summed E-state index contributed by atoms with van der Waals surface area (Å²) in [6, 6.07) is 4.83. The SMILES string of the molecule is C=C(N=CN(N)CCO)c1ccc(C)cc1F. The Morgan fingerprint density at radius 2 is 2.35 bits per heavy atom. The average Bonchev–Trinajstić information content (AvgIpc) is 2.26. The molecule has 0 saturated carbocycles. The van der Waals surface area contributed by atoms with E-state index < -0.39 is 0 Å². The highest BCUT2D eigenvalue weighted by molar-refractivity contribution is 5.71. The van der Waals surface area contributed by atoms with Crippen LogP contribution >= 0.6 is 0 Å². The number of halogens is 1. The smallest absolute Gasteiger partial charge is 0.132 e. The maximum atomic E-state index is 13.6. The standard InChI is InChI=1S/C12H16FN3O/c1-9-3-4-11(12(13)7-9)10(2)15-8-16(14)5-6-17/h3-4,7-8,17H,2,5-6,14H2,1H3. The van der Waals surface area contributed by atoms with Crippen molar-refractivity contribution in [2.45, 2.75) is 6.92 Å². The normalized spacial score (nSPS) is 10.8. The highest BCUT2D eigenvalue weighted by Crippen LogP contribution is 2.18. The highest BCUT2D eigenvalue weighted by Gasteiger charge is 2.04. The minimum absolute atomic E-state index is 0.0755. The molecule has 1 aromatic rings. The first-order valence-electron chi connectivity index (χ1n) is 5.16. The molecule has 0 spiro atoms. The molecule has 92 valence electrons. The van der Waals surface area contributed by atoms with Gasteiger partial charge >= 0.3 is 0 Å². The zero-order chi connectivity index (χ0) is 12.8. The number of rotatable bonds is 5. The number of aliphatic hydroxyl groups is 1. The Morgan fingerprint density at radius 1 is 1.65 bits per heavy atom. The third kappa shape index (κ3) is 3.97. The van der Waals surface area contributed by atoms with Crippen LogP contribution in [0.2, 0.25) is 0 Å².